The van der Waals surface area contributed by atoms with Crippen molar-refractivity contribution in [1.29, 1.82) is 0 Å². The molecule has 1 aliphatic rings. The van der Waals surface area contributed by atoms with Crippen LogP contribution in [0.3, 0.4) is 0 Å². The Hall–Kier alpha value is -2.12. The molecule has 1 saturated heterocycles. The van der Waals surface area contributed by atoms with Gasteiger partial charge in [-0.2, -0.15) is 0 Å². The van der Waals surface area contributed by atoms with E-state index in [2.05, 4.69) is 0 Å². The minimum absolute atomic E-state index is 0.150. The highest BCUT2D eigenvalue weighted by Gasteiger charge is 2.39. The molecular formula is C20H30N2O5. The standard InChI is InChI=1S/C20H30N2O5/c1-20(2,3)27-19(24)22-13-17(26-14-15-9-7-6-8-10-15)11-16(22)12-18(23)21(4)25-5/h6-10,16-17H,11-14H2,1-5H3/t16-,17+/m0/s1. The van der Waals surface area contributed by atoms with Crippen LogP contribution in [0, 0.1) is 0 Å². The van der Waals surface area contributed by atoms with Crippen molar-refractivity contribution in [3.63, 3.8) is 0 Å². The van der Waals surface area contributed by atoms with Crippen molar-refractivity contribution >= 4 is 12.0 Å². The van der Waals surface area contributed by atoms with E-state index in [4.69, 9.17) is 14.3 Å². The van der Waals surface area contributed by atoms with Crippen LogP contribution in [0.5, 0.6) is 0 Å². The van der Waals surface area contributed by atoms with E-state index in [1.165, 1.54) is 12.2 Å². The van der Waals surface area contributed by atoms with Crippen molar-refractivity contribution in [3.8, 4) is 0 Å². The summed E-state index contributed by atoms with van der Waals surface area (Å²) < 4.78 is 11.5. The molecule has 2 amide bonds. The van der Waals surface area contributed by atoms with E-state index in [1.807, 2.05) is 51.1 Å². The number of hydroxylamine groups is 2. The van der Waals surface area contributed by atoms with E-state index in [9.17, 15) is 9.59 Å². The number of hydrogen-bond donors (Lipinski definition) is 0. The van der Waals surface area contributed by atoms with Crippen LogP contribution in [0.15, 0.2) is 30.3 Å². The van der Waals surface area contributed by atoms with Crippen LogP contribution in [-0.2, 0) is 25.7 Å². The van der Waals surface area contributed by atoms with Gasteiger partial charge in [0, 0.05) is 19.5 Å². The Labute approximate surface area is 161 Å². The molecule has 0 aliphatic carbocycles. The quantitative estimate of drug-likeness (QED) is 0.712. The molecule has 150 valence electrons. The molecule has 0 bridgehead atoms. The lowest BCUT2D eigenvalue weighted by molar-refractivity contribution is -0.169. The summed E-state index contributed by atoms with van der Waals surface area (Å²) in [6, 6.07) is 9.58. The van der Waals surface area contributed by atoms with Gasteiger partial charge in [0.2, 0.25) is 5.91 Å². The lowest BCUT2D eigenvalue weighted by Gasteiger charge is -2.28. The lowest BCUT2D eigenvalue weighted by Crippen LogP contribution is -2.42. The van der Waals surface area contributed by atoms with Gasteiger partial charge in [0.1, 0.15) is 5.60 Å². The molecule has 0 unspecified atom stereocenters. The highest BCUT2D eigenvalue weighted by atomic mass is 16.7. The van der Waals surface area contributed by atoms with Crippen LogP contribution < -0.4 is 0 Å². The third kappa shape index (κ3) is 6.52. The fraction of sp³-hybridized carbons (Fsp3) is 0.600. The van der Waals surface area contributed by atoms with Crippen molar-refractivity contribution < 1.29 is 23.9 Å². The van der Waals surface area contributed by atoms with Gasteiger partial charge in [-0.3, -0.25) is 9.63 Å². The molecule has 0 spiro atoms. The number of ether oxygens (including phenoxy) is 2. The van der Waals surface area contributed by atoms with Crippen molar-refractivity contribution in [2.24, 2.45) is 0 Å². The van der Waals surface area contributed by atoms with E-state index in [-0.39, 0.29) is 24.5 Å². The predicted molar refractivity (Wildman–Crippen MR) is 101 cm³/mol. The summed E-state index contributed by atoms with van der Waals surface area (Å²) in [5, 5.41) is 1.17. The molecular weight excluding hydrogens is 348 g/mol. The number of carbonyl (C=O) groups is 2. The van der Waals surface area contributed by atoms with Crippen molar-refractivity contribution in [1.82, 2.24) is 9.96 Å². The molecule has 7 nitrogen and oxygen atoms in total. The topological polar surface area (TPSA) is 68.3 Å². The Balaban J connectivity index is 2.03. The maximum Gasteiger partial charge on any atom is 0.410 e. The number of hydrogen-bond acceptors (Lipinski definition) is 5. The average Bonchev–Trinajstić information content (AvgIpc) is 3.01. The minimum Gasteiger partial charge on any atom is -0.444 e. The Kier molecular flexibility index (Phi) is 7.21. The zero-order valence-electron chi connectivity index (χ0n) is 16.8. The van der Waals surface area contributed by atoms with Gasteiger partial charge in [-0.05, 0) is 32.8 Å². The molecule has 0 aromatic heterocycles. The first kappa shape index (κ1) is 21.2. The summed E-state index contributed by atoms with van der Waals surface area (Å²) in [6.45, 7) is 6.33. The number of likely N-dealkylation sites (tertiary alicyclic amines) is 1. The van der Waals surface area contributed by atoms with E-state index in [0.717, 1.165) is 5.56 Å². The van der Waals surface area contributed by atoms with Crippen LogP contribution in [-0.4, -0.2) is 60.4 Å². The summed E-state index contributed by atoms with van der Waals surface area (Å²) in [7, 11) is 2.99. The van der Waals surface area contributed by atoms with E-state index in [1.54, 1.807) is 11.9 Å². The van der Waals surface area contributed by atoms with Gasteiger partial charge < -0.3 is 14.4 Å². The van der Waals surface area contributed by atoms with Crippen molar-refractivity contribution in [3.05, 3.63) is 35.9 Å². The lowest BCUT2D eigenvalue weighted by atomic mass is 10.1. The fourth-order valence-corrected chi connectivity index (χ4v) is 2.95. The van der Waals surface area contributed by atoms with Crippen LogP contribution in [0.2, 0.25) is 0 Å². The van der Waals surface area contributed by atoms with Crippen molar-refractivity contribution in [2.45, 2.75) is 58.0 Å². The number of benzene rings is 1. The number of amides is 2. The van der Waals surface area contributed by atoms with E-state index >= 15 is 0 Å². The number of carbonyl (C=O) groups excluding carboxylic acids is 2. The second-order valence-corrected chi connectivity index (χ2v) is 7.72. The van der Waals surface area contributed by atoms with Crippen LogP contribution in [0.1, 0.15) is 39.2 Å². The summed E-state index contributed by atoms with van der Waals surface area (Å²) in [6.07, 6.45) is 0.166. The second-order valence-electron chi connectivity index (χ2n) is 7.72. The smallest absolute Gasteiger partial charge is 0.410 e. The molecule has 1 aliphatic heterocycles. The highest BCUT2D eigenvalue weighted by molar-refractivity contribution is 5.77. The third-order valence-corrected chi connectivity index (χ3v) is 4.37. The Bertz CT molecular complexity index is 629. The molecule has 1 fully saturated rings. The fourth-order valence-electron chi connectivity index (χ4n) is 2.95. The second kappa shape index (κ2) is 9.19. The predicted octanol–water partition coefficient (Wildman–Crippen LogP) is 2.99. The zero-order valence-corrected chi connectivity index (χ0v) is 16.8. The van der Waals surface area contributed by atoms with E-state index in [0.29, 0.717) is 19.6 Å². The van der Waals surface area contributed by atoms with Gasteiger partial charge in [-0.15, -0.1) is 0 Å². The normalized spacial score (nSPS) is 19.8. The molecule has 0 radical (unpaired) electrons. The van der Waals surface area contributed by atoms with Gasteiger partial charge in [-0.1, -0.05) is 30.3 Å². The largest absolute Gasteiger partial charge is 0.444 e. The number of nitrogens with zero attached hydrogens (tertiary/aromatic N) is 2. The zero-order chi connectivity index (χ0) is 20.0. The van der Waals surface area contributed by atoms with E-state index < -0.39 is 11.7 Å². The highest BCUT2D eigenvalue weighted by Crippen LogP contribution is 2.26. The number of rotatable bonds is 6. The van der Waals surface area contributed by atoms with Gasteiger partial charge in [0.15, 0.2) is 0 Å². The van der Waals surface area contributed by atoms with Crippen LogP contribution in [0.4, 0.5) is 4.79 Å². The molecule has 1 heterocycles. The Morgan fingerprint density at radius 1 is 1.22 bits per heavy atom. The maximum absolute atomic E-state index is 12.6. The van der Waals surface area contributed by atoms with Gasteiger partial charge in [0.25, 0.3) is 0 Å². The first-order chi connectivity index (χ1) is 12.7. The molecule has 1 aromatic rings. The third-order valence-electron chi connectivity index (χ3n) is 4.37. The molecule has 7 heteroatoms. The summed E-state index contributed by atoms with van der Waals surface area (Å²) in [5.41, 5.74) is 0.470. The summed E-state index contributed by atoms with van der Waals surface area (Å²) >= 11 is 0. The first-order valence-corrected chi connectivity index (χ1v) is 9.15. The Morgan fingerprint density at radius 3 is 2.48 bits per heavy atom. The molecule has 2 rings (SSSR count). The van der Waals surface area contributed by atoms with Crippen LogP contribution >= 0.6 is 0 Å². The molecule has 27 heavy (non-hydrogen) atoms. The van der Waals surface area contributed by atoms with Crippen molar-refractivity contribution in [2.75, 3.05) is 20.7 Å². The SMILES string of the molecule is CON(C)C(=O)C[C@@H]1C[C@@H](OCc2ccccc2)CN1C(=O)OC(C)(C)C. The monoisotopic (exact) mass is 378 g/mol. The molecule has 0 saturated carbocycles. The van der Waals surface area contributed by atoms with Gasteiger partial charge >= 0.3 is 6.09 Å². The van der Waals surface area contributed by atoms with Crippen LogP contribution in [0.25, 0.3) is 0 Å². The molecule has 1 aromatic carbocycles. The summed E-state index contributed by atoms with van der Waals surface area (Å²) in [5.74, 6) is -0.195. The molecule has 0 N–H and O–H groups in total. The average molecular weight is 378 g/mol. The van der Waals surface area contributed by atoms with Gasteiger partial charge in [0.05, 0.1) is 26.4 Å². The molecule has 2 atom stereocenters. The maximum atomic E-state index is 12.6. The van der Waals surface area contributed by atoms with Gasteiger partial charge in [-0.25, -0.2) is 9.86 Å². The first-order valence-electron chi connectivity index (χ1n) is 9.15. The minimum atomic E-state index is -0.599. The summed E-state index contributed by atoms with van der Waals surface area (Å²) in [4.78, 5) is 31.4. The Morgan fingerprint density at radius 2 is 1.89 bits per heavy atom.